The second-order valence-electron chi connectivity index (χ2n) is 12.2. The highest BCUT2D eigenvalue weighted by molar-refractivity contribution is 7.78. The fourth-order valence-electron chi connectivity index (χ4n) is 6.71. The van der Waals surface area contributed by atoms with Crippen molar-refractivity contribution >= 4 is 56.6 Å². The molecule has 0 amide bonds. The van der Waals surface area contributed by atoms with E-state index in [9.17, 15) is 29.4 Å². The first kappa shape index (κ1) is 32.2. The van der Waals surface area contributed by atoms with E-state index in [0.717, 1.165) is 0 Å². The molecule has 0 saturated carbocycles. The highest BCUT2D eigenvalue weighted by Gasteiger charge is 2.26. The van der Waals surface area contributed by atoms with E-state index in [-0.39, 0.29) is 56.4 Å². The van der Waals surface area contributed by atoms with E-state index in [1.54, 1.807) is 54.6 Å². The first-order valence-electron chi connectivity index (χ1n) is 15.9. The van der Waals surface area contributed by atoms with Crippen molar-refractivity contribution in [1.82, 2.24) is 0 Å². The van der Waals surface area contributed by atoms with Gasteiger partial charge in [-0.1, -0.05) is 18.2 Å². The number of phenols is 2. The lowest BCUT2D eigenvalue weighted by atomic mass is 9.85. The molecule has 4 aromatic carbocycles. The van der Waals surface area contributed by atoms with Crippen LogP contribution in [0.25, 0.3) is 66.8 Å². The smallest absolute Gasteiger partial charge is 0.193 e. The molecule has 10 heteroatoms. The summed E-state index contributed by atoms with van der Waals surface area (Å²) in [6.45, 7) is 1.40. The number of Topliss-reactive ketones (excluding diaryl/α,β-unsaturated/α-hetero) is 1. The molecule has 0 radical (unpaired) electrons. The average molecular weight is 702 g/mol. The summed E-state index contributed by atoms with van der Waals surface area (Å²) >= 11 is 4.86. The third-order valence-electron chi connectivity index (χ3n) is 8.98. The van der Waals surface area contributed by atoms with Crippen LogP contribution in [0.4, 0.5) is 5.69 Å². The van der Waals surface area contributed by atoms with Gasteiger partial charge in [0.25, 0.3) is 0 Å². The Morgan fingerprint density at radius 3 is 1.67 bits per heavy atom. The van der Waals surface area contributed by atoms with Crippen molar-refractivity contribution in [2.75, 3.05) is 0 Å². The minimum atomic E-state index is -0.439. The van der Waals surface area contributed by atoms with Gasteiger partial charge in [-0.15, -0.1) is 0 Å². The van der Waals surface area contributed by atoms with E-state index in [1.807, 2.05) is 0 Å². The van der Waals surface area contributed by atoms with Crippen LogP contribution in [0.5, 0.6) is 11.5 Å². The largest absolute Gasteiger partial charge is 0.508 e. The Morgan fingerprint density at radius 1 is 0.615 bits per heavy atom. The predicted octanol–water partition coefficient (Wildman–Crippen LogP) is 9.02. The number of hydrogen-bond acceptors (Lipinski definition) is 10. The second-order valence-corrected chi connectivity index (χ2v) is 12.4. The van der Waals surface area contributed by atoms with Crippen LogP contribution in [-0.2, 0) is 0 Å². The normalized spacial score (nSPS) is 11.2. The maximum atomic E-state index is 14.7. The lowest BCUT2D eigenvalue weighted by Crippen LogP contribution is -2.08. The maximum Gasteiger partial charge on any atom is 0.193 e. The fraction of sp³-hybridized carbons (Fsp3) is 0.0238. The number of benzene rings is 6. The average Bonchev–Trinajstić information content (AvgIpc) is 3.12. The number of ketones is 2. The molecule has 0 bridgehead atoms. The molecule has 2 aliphatic carbocycles. The van der Waals surface area contributed by atoms with E-state index in [4.69, 9.17) is 21.1 Å². The van der Waals surface area contributed by atoms with E-state index in [2.05, 4.69) is 10.2 Å². The number of phenolic OH excluding ortho intramolecular Hbond substituents is 2. The number of aliphatic imine (C=N–C) groups is 1. The Morgan fingerprint density at radius 2 is 1.13 bits per heavy atom. The summed E-state index contributed by atoms with van der Waals surface area (Å²) in [5.74, 6) is -0.319. The van der Waals surface area contributed by atoms with Gasteiger partial charge in [0.15, 0.2) is 22.4 Å². The quantitative estimate of drug-likeness (QED) is 0.0750. The number of aromatic hydroxyl groups is 2. The van der Waals surface area contributed by atoms with Crippen LogP contribution in [-0.4, -0.2) is 26.9 Å². The highest BCUT2D eigenvalue weighted by Crippen LogP contribution is 2.45. The number of nitrogens with zero attached hydrogens (tertiary/aromatic N) is 1. The number of fused-ring (bicyclic) bond motifs is 4. The van der Waals surface area contributed by atoms with Crippen LogP contribution < -0.4 is 10.9 Å². The van der Waals surface area contributed by atoms with Crippen molar-refractivity contribution in [2.24, 2.45) is 4.99 Å². The van der Waals surface area contributed by atoms with Gasteiger partial charge in [-0.25, -0.2) is 0 Å². The van der Waals surface area contributed by atoms with E-state index >= 15 is 0 Å². The van der Waals surface area contributed by atoms with Gasteiger partial charge in [0.05, 0.1) is 10.8 Å². The number of rotatable bonds is 6. The number of carbonyl (C=O) groups is 2. The molecule has 0 unspecified atom stereocenters. The Bertz CT molecular complexity index is 2930. The van der Waals surface area contributed by atoms with Crippen molar-refractivity contribution in [3.63, 3.8) is 0 Å². The van der Waals surface area contributed by atoms with E-state index in [1.165, 1.54) is 61.5 Å². The minimum Gasteiger partial charge on any atom is -0.508 e. The number of thiocarbonyl (C=S) groups is 1. The molecular weight excluding hydrogens is 679 g/mol. The lowest BCUT2D eigenvalue weighted by molar-refractivity contribution is 0.101. The van der Waals surface area contributed by atoms with Crippen molar-refractivity contribution in [3.8, 4) is 56.4 Å². The first-order valence-corrected chi connectivity index (χ1v) is 16.3. The third-order valence-corrected chi connectivity index (χ3v) is 9.07. The van der Waals surface area contributed by atoms with Crippen molar-refractivity contribution < 1.29 is 28.6 Å². The topological polar surface area (TPSA) is 147 Å². The van der Waals surface area contributed by atoms with Crippen LogP contribution in [0.1, 0.15) is 33.2 Å². The molecular formula is C42H23NO8S. The summed E-state index contributed by atoms with van der Waals surface area (Å²) < 4.78 is 12.0. The molecule has 250 valence electrons. The molecule has 0 spiro atoms. The maximum absolute atomic E-state index is 14.7. The summed E-state index contributed by atoms with van der Waals surface area (Å²) in [7, 11) is 0. The van der Waals surface area contributed by atoms with Gasteiger partial charge in [0.2, 0.25) is 0 Å². The van der Waals surface area contributed by atoms with E-state index in [0.29, 0.717) is 61.0 Å². The molecule has 2 N–H and O–H groups in total. The molecule has 0 saturated heterocycles. The standard InChI is InChI=1S/C42H23NO8S/c1-21(44)34-14-22(2-8-28(34)40-30-10-4-24(45)16-36(30)50-37-17-25(46)5-11-31(37)40)42(49)35-15-23(43-20-52)3-9-29(35)41-32-12-6-26(47)18-38(32)51-39-19-27(48)7-13-33(39)41/h2-19,45,47H,1H3. The van der Waals surface area contributed by atoms with E-state index < -0.39 is 5.78 Å². The Hall–Kier alpha value is -7.00. The van der Waals surface area contributed by atoms with Crippen molar-refractivity contribution in [3.05, 3.63) is 146 Å². The van der Waals surface area contributed by atoms with Gasteiger partial charge in [-0.2, -0.15) is 4.99 Å². The Kier molecular flexibility index (Phi) is 7.68. The molecule has 8 rings (SSSR count). The third kappa shape index (κ3) is 5.45. The van der Waals surface area contributed by atoms with Crippen molar-refractivity contribution in [2.45, 2.75) is 6.92 Å². The number of isothiocyanates is 1. The minimum absolute atomic E-state index is 0.0403. The summed E-state index contributed by atoms with van der Waals surface area (Å²) in [6, 6.07) is 27.8. The van der Waals surface area contributed by atoms with Crippen LogP contribution >= 0.6 is 12.2 Å². The number of hydrogen-bond donors (Lipinski definition) is 2. The predicted molar refractivity (Wildman–Crippen MR) is 201 cm³/mol. The zero-order valence-electron chi connectivity index (χ0n) is 27.1. The SMILES string of the molecule is CC(=O)c1cc(C(=O)c2cc(N=C=S)ccc2-c2c3ccc(=O)cc-3oc3cc(O)ccc23)ccc1-c1c2ccc(=O)cc-2oc2cc(O)ccc12. The molecule has 0 atom stereocenters. The molecule has 0 aromatic heterocycles. The molecule has 2 aliphatic heterocycles. The van der Waals surface area contributed by atoms with Gasteiger partial charge in [0.1, 0.15) is 34.2 Å². The van der Waals surface area contributed by atoms with Gasteiger partial charge < -0.3 is 19.0 Å². The molecule has 9 nitrogen and oxygen atoms in total. The van der Waals surface area contributed by atoms with Gasteiger partial charge in [-0.05, 0) is 97.0 Å². The summed E-state index contributed by atoms with van der Waals surface area (Å²) in [4.78, 5) is 56.9. The van der Waals surface area contributed by atoms with Crippen LogP contribution in [0, 0.1) is 0 Å². The molecule has 4 aromatic rings. The molecule has 2 heterocycles. The monoisotopic (exact) mass is 701 g/mol. The Balaban J connectivity index is 1.37. The molecule has 0 fully saturated rings. The summed E-state index contributed by atoms with van der Waals surface area (Å²) in [6.07, 6.45) is 0. The first-order chi connectivity index (χ1) is 25.1. The van der Waals surface area contributed by atoms with Crippen molar-refractivity contribution in [1.29, 1.82) is 0 Å². The van der Waals surface area contributed by atoms with Gasteiger partial charge in [-0.3, -0.25) is 19.2 Å². The van der Waals surface area contributed by atoms with Crippen LogP contribution in [0.2, 0.25) is 0 Å². The molecule has 52 heavy (non-hydrogen) atoms. The number of carbonyl (C=O) groups excluding carboxylic acids is 2. The van der Waals surface area contributed by atoms with Crippen LogP contribution in [0.15, 0.2) is 133 Å². The second kappa shape index (κ2) is 12.4. The van der Waals surface area contributed by atoms with Gasteiger partial charge in [0, 0.05) is 74.0 Å². The zero-order valence-corrected chi connectivity index (χ0v) is 27.9. The summed E-state index contributed by atoms with van der Waals surface area (Å²) in [5.41, 5.74) is 4.31. The highest BCUT2D eigenvalue weighted by atomic mass is 32.1. The molecule has 4 aliphatic rings. The lowest BCUT2D eigenvalue weighted by Gasteiger charge is -2.19. The fourth-order valence-corrected chi connectivity index (χ4v) is 6.81. The zero-order chi connectivity index (χ0) is 36.3. The summed E-state index contributed by atoms with van der Waals surface area (Å²) in [5, 5.41) is 24.0. The Labute approximate surface area is 299 Å². The van der Waals surface area contributed by atoms with Crippen LogP contribution in [0.3, 0.4) is 0 Å². The van der Waals surface area contributed by atoms with Gasteiger partial charge >= 0.3 is 0 Å².